The van der Waals surface area contributed by atoms with E-state index in [1.54, 1.807) is 12.2 Å². The van der Waals surface area contributed by atoms with E-state index in [0.29, 0.717) is 22.3 Å². The van der Waals surface area contributed by atoms with Crippen molar-refractivity contribution in [2.75, 3.05) is 20.3 Å². The summed E-state index contributed by atoms with van der Waals surface area (Å²) in [4.78, 5) is 26.8. The van der Waals surface area contributed by atoms with Gasteiger partial charge in [0.1, 0.15) is 47.5 Å². The Balaban J connectivity index is 1.45. The monoisotopic (exact) mass is 600 g/mol. The van der Waals surface area contributed by atoms with Gasteiger partial charge in [-0.1, -0.05) is 12.2 Å². The van der Waals surface area contributed by atoms with Crippen LogP contribution in [0.15, 0.2) is 71.7 Å². The van der Waals surface area contributed by atoms with Gasteiger partial charge in [-0.25, -0.2) is 0 Å². The summed E-state index contributed by atoms with van der Waals surface area (Å²) < 4.78 is 18.0. The van der Waals surface area contributed by atoms with Crippen LogP contribution in [0.4, 0.5) is 0 Å². The van der Waals surface area contributed by atoms with E-state index in [0.717, 1.165) is 0 Å². The number of benzene rings is 2. The van der Waals surface area contributed by atoms with Crippen molar-refractivity contribution in [1.82, 2.24) is 0 Å². The first-order chi connectivity index (χ1) is 20.9. The highest BCUT2D eigenvalue weighted by Crippen LogP contribution is 2.62. The van der Waals surface area contributed by atoms with E-state index in [9.17, 15) is 40.2 Å². The zero-order valence-electron chi connectivity index (χ0n) is 23.4. The number of carbonyl (C=O) groups is 2. The lowest BCUT2D eigenvalue weighted by Gasteiger charge is -2.59. The first kappa shape index (κ1) is 27.0. The minimum atomic E-state index is -1.75. The highest BCUT2D eigenvalue weighted by Gasteiger charge is 2.67. The van der Waals surface area contributed by atoms with Crippen LogP contribution in [0.3, 0.4) is 0 Å². The highest BCUT2D eigenvalue weighted by molar-refractivity contribution is 6.08. The summed E-state index contributed by atoms with van der Waals surface area (Å²) in [6.07, 6.45) is 6.01. The average molecular weight is 601 g/mol. The summed E-state index contributed by atoms with van der Waals surface area (Å²) in [5, 5.41) is 66.2. The maximum atomic E-state index is 14.2. The van der Waals surface area contributed by atoms with E-state index in [1.165, 1.54) is 49.6 Å². The molecule has 8 rings (SSSR count). The van der Waals surface area contributed by atoms with Crippen molar-refractivity contribution < 1.29 is 54.4 Å². The van der Waals surface area contributed by atoms with Crippen LogP contribution in [-0.2, 0) is 47.5 Å². The number of ketones is 2. The van der Waals surface area contributed by atoms with Crippen LogP contribution in [0.1, 0.15) is 22.3 Å². The maximum absolute atomic E-state index is 14.2. The Bertz CT molecular complexity index is 1850. The first-order valence-corrected chi connectivity index (χ1v) is 14.1. The third-order valence-corrected chi connectivity index (χ3v) is 10.2. The predicted molar refractivity (Wildman–Crippen MR) is 150 cm³/mol. The van der Waals surface area contributed by atoms with E-state index in [4.69, 9.17) is 14.2 Å². The predicted octanol–water partition coefficient (Wildman–Crippen LogP) is 1.37. The topological polar surface area (TPSA) is 183 Å². The van der Waals surface area contributed by atoms with Crippen LogP contribution in [0, 0.1) is 5.92 Å². The number of allylic oxidation sites excluding steroid dienone is 4. The average Bonchev–Trinajstić information content (AvgIpc) is 2.96. The normalized spacial score (nSPS) is 35.9. The number of aliphatic hydroxyl groups is 2. The third-order valence-electron chi connectivity index (χ3n) is 10.2. The number of rotatable bonds is 2. The van der Waals surface area contributed by atoms with Crippen molar-refractivity contribution in [3.05, 3.63) is 94.0 Å². The van der Waals surface area contributed by atoms with Crippen LogP contribution >= 0.6 is 0 Å². The van der Waals surface area contributed by atoms with Gasteiger partial charge >= 0.3 is 0 Å². The number of hydrogen-bond acceptors (Lipinski definition) is 11. The molecule has 0 amide bonds. The molecule has 0 aromatic heterocycles. The van der Waals surface area contributed by atoms with Crippen LogP contribution in [0.5, 0.6) is 23.0 Å². The minimum absolute atomic E-state index is 0.0276. The number of phenolic OH excluding ortho intramolecular Hbond substituents is 4. The Kier molecular flexibility index (Phi) is 5.11. The molecule has 6 N–H and O–H groups in total. The quantitative estimate of drug-likeness (QED) is 0.274. The number of carbonyl (C=O) groups excluding carboxylic acids is 2. The molecule has 0 radical (unpaired) electrons. The van der Waals surface area contributed by atoms with Crippen molar-refractivity contribution in [2.24, 2.45) is 5.92 Å². The Morgan fingerprint density at radius 1 is 0.773 bits per heavy atom. The lowest BCUT2D eigenvalue weighted by Crippen LogP contribution is -2.68. The molecule has 2 aromatic carbocycles. The number of fused-ring (bicyclic) bond motifs is 4. The van der Waals surface area contributed by atoms with Gasteiger partial charge in [-0.3, -0.25) is 9.59 Å². The summed E-state index contributed by atoms with van der Waals surface area (Å²) in [7, 11) is 1.42. The van der Waals surface area contributed by atoms with Crippen LogP contribution in [-0.4, -0.2) is 79.8 Å². The Morgan fingerprint density at radius 2 is 1.32 bits per heavy atom. The van der Waals surface area contributed by atoms with Gasteiger partial charge in [0, 0.05) is 43.6 Å². The second-order valence-electron chi connectivity index (χ2n) is 12.6. The molecule has 6 atom stereocenters. The second kappa shape index (κ2) is 8.32. The fourth-order valence-corrected chi connectivity index (χ4v) is 8.63. The number of methoxy groups -OCH3 is 1. The van der Waals surface area contributed by atoms with Gasteiger partial charge in [-0.2, -0.15) is 0 Å². The first-order valence-electron chi connectivity index (χ1n) is 14.1. The summed E-state index contributed by atoms with van der Waals surface area (Å²) in [6, 6.07) is 5.44. The zero-order chi connectivity index (χ0) is 31.0. The molecule has 6 aliphatic rings. The SMILES string of the molecule is COC1C2(O)COC3=CC(=O)C(C4C5(O)COC6=CC(=O)C=CC64c4cc(O)c(O)cc4C5)=CC31c1cc(O)c(O)cc1C2. The number of aromatic hydroxyl groups is 4. The zero-order valence-corrected chi connectivity index (χ0v) is 23.4. The number of phenols is 4. The van der Waals surface area contributed by atoms with Gasteiger partial charge in [-0.15, -0.1) is 0 Å². The molecule has 4 bridgehead atoms. The Hall–Kier alpha value is -4.58. The van der Waals surface area contributed by atoms with Crippen molar-refractivity contribution in [3.63, 3.8) is 0 Å². The van der Waals surface area contributed by atoms with Gasteiger partial charge in [0.2, 0.25) is 0 Å². The molecule has 2 saturated heterocycles. The Labute approximate surface area is 250 Å². The van der Waals surface area contributed by atoms with Crippen LogP contribution in [0.25, 0.3) is 0 Å². The summed E-state index contributed by atoms with van der Waals surface area (Å²) >= 11 is 0. The van der Waals surface area contributed by atoms with E-state index in [2.05, 4.69) is 0 Å². The van der Waals surface area contributed by atoms with E-state index < -0.39 is 51.3 Å². The van der Waals surface area contributed by atoms with E-state index in [1.807, 2.05) is 0 Å². The fourth-order valence-electron chi connectivity index (χ4n) is 8.63. The second-order valence-corrected chi connectivity index (χ2v) is 12.6. The van der Waals surface area contributed by atoms with Gasteiger partial charge < -0.3 is 44.8 Å². The molecule has 11 nitrogen and oxygen atoms in total. The molecule has 11 heteroatoms. The molecular formula is C33H28O11. The van der Waals surface area contributed by atoms with Gasteiger partial charge in [0.05, 0.1) is 5.41 Å². The molecule has 2 aromatic rings. The summed E-state index contributed by atoms with van der Waals surface area (Å²) in [5.41, 5.74) is -4.27. The molecule has 4 aliphatic carbocycles. The molecule has 2 fully saturated rings. The van der Waals surface area contributed by atoms with Crippen molar-refractivity contribution in [3.8, 4) is 23.0 Å². The molecule has 6 unspecified atom stereocenters. The largest absolute Gasteiger partial charge is 0.504 e. The van der Waals surface area contributed by atoms with Crippen molar-refractivity contribution >= 4 is 11.6 Å². The molecular weight excluding hydrogens is 572 g/mol. The molecule has 44 heavy (non-hydrogen) atoms. The van der Waals surface area contributed by atoms with Crippen molar-refractivity contribution in [1.29, 1.82) is 0 Å². The number of hydrogen-bond donors (Lipinski definition) is 6. The highest BCUT2D eigenvalue weighted by atomic mass is 16.5. The smallest absolute Gasteiger partial charge is 0.185 e. The summed E-state index contributed by atoms with van der Waals surface area (Å²) in [5.74, 6) is -3.22. The van der Waals surface area contributed by atoms with Crippen LogP contribution in [0.2, 0.25) is 0 Å². The van der Waals surface area contributed by atoms with E-state index in [-0.39, 0.29) is 60.4 Å². The third kappa shape index (κ3) is 3.11. The van der Waals surface area contributed by atoms with Crippen molar-refractivity contribution in [2.45, 2.75) is 41.0 Å². The van der Waals surface area contributed by atoms with Gasteiger partial charge in [0.15, 0.2) is 34.6 Å². The molecule has 226 valence electrons. The Morgan fingerprint density at radius 3 is 1.95 bits per heavy atom. The lowest BCUT2D eigenvalue weighted by molar-refractivity contribution is -0.183. The number of ether oxygens (including phenoxy) is 3. The molecule has 0 saturated carbocycles. The minimum Gasteiger partial charge on any atom is -0.504 e. The van der Waals surface area contributed by atoms with E-state index >= 15 is 0 Å². The maximum Gasteiger partial charge on any atom is 0.185 e. The van der Waals surface area contributed by atoms with Gasteiger partial charge in [-0.05, 0) is 52.6 Å². The molecule has 2 spiro atoms. The van der Waals surface area contributed by atoms with Gasteiger partial charge in [0.25, 0.3) is 0 Å². The lowest BCUT2D eigenvalue weighted by atomic mass is 9.49. The summed E-state index contributed by atoms with van der Waals surface area (Å²) in [6.45, 7) is -0.489. The molecule has 2 aliphatic heterocycles. The van der Waals surface area contributed by atoms with Crippen LogP contribution < -0.4 is 0 Å². The molecule has 2 heterocycles. The standard InChI is InChI=1S/C33H28O11/c1-42-29-31(41)11-16-5-23(37)25(39)8-20(16)33(29)12-18(21(35)9-27(33)44-14-31)28-30(40)10-15-4-22(36)24(38)7-19(15)32(28)3-2-17(34)6-26(32)43-13-30/h2-9,12,28-29,36-41H,10-11,13-14H2,1H3. The fraction of sp³-hybridized carbons (Fsp3) is 0.333.